The molecule has 1 aliphatic rings. The number of allylic oxidation sites excluding steroid dienone is 1. The van der Waals surface area contributed by atoms with Crippen molar-refractivity contribution in [1.29, 1.82) is 0 Å². The van der Waals surface area contributed by atoms with E-state index in [9.17, 15) is 13.2 Å². The summed E-state index contributed by atoms with van der Waals surface area (Å²) < 4.78 is 25.1. The van der Waals surface area contributed by atoms with Crippen LogP contribution < -0.4 is 10.6 Å². The summed E-state index contributed by atoms with van der Waals surface area (Å²) in [5.74, 6) is 0.651. The van der Waals surface area contributed by atoms with Crippen LogP contribution in [0.3, 0.4) is 0 Å². The fraction of sp³-hybridized carbons (Fsp3) is 0.350. The number of sulfonamides is 1. The summed E-state index contributed by atoms with van der Waals surface area (Å²) in [6.07, 6.45) is 5.77. The molecule has 0 amide bonds. The smallest absolute Gasteiger partial charge is 0.224 e. The van der Waals surface area contributed by atoms with E-state index >= 15 is 0 Å². The Kier molecular flexibility index (Phi) is 7.06. The number of benzene rings is 1. The Morgan fingerprint density at radius 1 is 1.40 bits per heavy atom. The third kappa shape index (κ3) is 5.78. The first-order chi connectivity index (χ1) is 14.3. The standard InChI is InChI=1S/C20H24ClN5O3S/c1-3-16(27)11-14-7-4-5-9-18(14)24-19-17(21)12-22-20(25-19)23-15-8-6-10-26(13-15)30(2,28)29/h3-5,7,9,12,15H,1,6,8,10-11,13H2,2H3,(H2,22,23,24,25)/t15-/m0/s1. The second-order valence-corrected chi connectivity index (χ2v) is 9.51. The highest BCUT2D eigenvalue weighted by Gasteiger charge is 2.26. The van der Waals surface area contributed by atoms with Crippen LogP contribution in [-0.4, -0.2) is 53.9 Å². The van der Waals surface area contributed by atoms with Gasteiger partial charge in [0.1, 0.15) is 5.02 Å². The van der Waals surface area contributed by atoms with Crippen molar-refractivity contribution in [3.8, 4) is 0 Å². The summed E-state index contributed by atoms with van der Waals surface area (Å²) in [7, 11) is -3.24. The average molecular weight is 450 g/mol. The van der Waals surface area contributed by atoms with Gasteiger partial charge in [-0.25, -0.2) is 17.7 Å². The Morgan fingerprint density at radius 3 is 2.90 bits per heavy atom. The van der Waals surface area contributed by atoms with Crippen molar-refractivity contribution in [2.24, 2.45) is 0 Å². The molecule has 10 heteroatoms. The Morgan fingerprint density at radius 2 is 2.17 bits per heavy atom. The first kappa shape index (κ1) is 22.2. The number of anilines is 3. The Bertz CT molecular complexity index is 1040. The van der Waals surface area contributed by atoms with Crippen LogP contribution in [0.2, 0.25) is 5.02 Å². The largest absolute Gasteiger partial charge is 0.350 e. The monoisotopic (exact) mass is 449 g/mol. The minimum absolute atomic E-state index is 0.0897. The Hall–Kier alpha value is -2.49. The van der Waals surface area contributed by atoms with Crippen molar-refractivity contribution in [3.05, 3.63) is 53.7 Å². The van der Waals surface area contributed by atoms with Gasteiger partial charge in [-0.1, -0.05) is 36.4 Å². The van der Waals surface area contributed by atoms with Crippen molar-refractivity contribution < 1.29 is 13.2 Å². The highest BCUT2D eigenvalue weighted by Crippen LogP contribution is 2.27. The molecule has 0 saturated carbocycles. The first-order valence-electron chi connectivity index (χ1n) is 9.50. The number of piperidine rings is 1. The number of carbonyl (C=O) groups excluding carboxylic acids is 1. The molecule has 1 saturated heterocycles. The lowest BCUT2D eigenvalue weighted by atomic mass is 10.1. The third-order valence-corrected chi connectivity index (χ3v) is 6.34. The van der Waals surface area contributed by atoms with Crippen molar-refractivity contribution >= 4 is 44.9 Å². The zero-order chi connectivity index (χ0) is 21.7. The van der Waals surface area contributed by atoms with Gasteiger partial charge in [0.2, 0.25) is 16.0 Å². The molecule has 0 aliphatic carbocycles. The summed E-state index contributed by atoms with van der Waals surface area (Å²) in [6, 6.07) is 7.28. The quantitative estimate of drug-likeness (QED) is 0.597. The van der Waals surface area contributed by atoms with Crippen LogP contribution in [0.5, 0.6) is 0 Å². The molecule has 2 heterocycles. The fourth-order valence-corrected chi connectivity index (χ4v) is 4.30. The van der Waals surface area contributed by atoms with Gasteiger partial charge in [-0.15, -0.1) is 0 Å². The number of rotatable bonds is 8. The lowest BCUT2D eigenvalue weighted by Crippen LogP contribution is -2.44. The van der Waals surface area contributed by atoms with Gasteiger partial charge in [0, 0.05) is 31.2 Å². The van der Waals surface area contributed by atoms with Crippen LogP contribution in [0.4, 0.5) is 17.5 Å². The minimum Gasteiger partial charge on any atom is -0.350 e. The molecule has 1 aliphatic heterocycles. The fourth-order valence-electron chi connectivity index (χ4n) is 3.25. The van der Waals surface area contributed by atoms with Crippen LogP contribution in [0.25, 0.3) is 0 Å². The van der Waals surface area contributed by atoms with Gasteiger partial charge in [-0.3, -0.25) is 4.79 Å². The molecular formula is C20H24ClN5O3S. The van der Waals surface area contributed by atoms with E-state index in [1.807, 2.05) is 24.3 Å². The summed E-state index contributed by atoms with van der Waals surface area (Å²) in [4.78, 5) is 20.4. The molecule has 1 fully saturated rings. The average Bonchev–Trinajstić information content (AvgIpc) is 2.71. The zero-order valence-corrected chi connectivity index (χ0v) is 18.2. The second-order valence-electron chi connectivity index (χ2n) is 7.12. The predicted molar refractivity (Wildman–Crippen MR) is 119 cm³/mol. The number of halogens is 1. The second kappa shape index (κ2) is 9.55. The van der Waals surface area contributed by atoms with Crippen LogP contribution in [0, 0.1) is 0 Å². The van der Waals surface area contributed by atoms with E-state index in [-0.39, 0.29) is 18.2 Å². The Balaban J connectivity index is 1.77. The van der Waals surface area contributed by atoms with Crippen LogP contribution in [0.1, 0.15) is 18.4 Å². The molecule has 2 N–H and O–H groups in total. The van der Waals surface area contributed by atoms with E-state index in [2.05, 4.69) is 27.2 Å². The molecule has 160 valence electrons. The van der Waals surface area contributed by atoms with Crippen LogP contribution >= 0.6 is 11.6 Å². The van der Waals surface area contributed by atoms with Gasteiger partial charge in [0.05, 0.1) is 12.5 Å². The van der Waals surface area contributed by atoms with E-state index in [0.29, 0.717) is 35.6 Å². The maximum absolute atomic E-state index is 11.8. The maximum atomic E-state index is 11.8. The van der Waals surface area contributed by atoms with E-state index in [0.717, 1.165) is 18.4 Å². The lowest BCUT2D eigenvalue weighted by molar-refractivity contribution is -0.114. The normalized spacial score (nSPS) is 17.3. The summed E-state index contributed by atoms with van der Waals surface area (Å²) >= 11 is 6.27. The van der Waals surface area contributed by atoms with Gasteiger partial charge in [0.15, 0.2) is 11.6 Å². The molecule has 0 bridgehead atoms. The summed E-state index contributed by atoms with van der Waals surface area (Å²) in [6.45, 7) is 4.39. The predicted octanol–water partition coefficient (Wildman–Crippen LogP) is 3.01. The molecule has 3 rings (SSSR count). The van der Waals surface area contributed by atoms with E-state index in [4.69, 9.17) is 11.6 Å². The molecule has 1 atom stereocenters. The number of nitrogens with one attached hydrogen (secondary N) is 2. The summed E-state index contributed by atoms with van der Waals surface area (Å²) in [5.41, 5.74) is 1.50. The summed E-state index contributed by atoms with van der Waals surface area (Å²) in [5, 5.41) is 6.69. The highest BCUT2D eigenvalue weighted by atomic mass is 35.5. The van der Waals surface area contributed by atoms with E-state index < -0.39 is 10.0 Å². The van der Waals surface area contributed by atoms with Crippen molar-refractivity contribution in [1.82, 2.24) is 14.3 Å². The van der Waals surface area contributed by atoms with Gasteiger partial charge in [0.25, 0.3) is 0 Å². The van der Waals surface area contributed by atoms with Crippen molar-refractivity contribution in [2.75, 3.05) is 30.0 Å². The van der Waals surface area contributed by atoms with Gasteiger partial charge in [-0.05, 0) is 30.5 Å². The highest BCUT2D eigenvalue weighted by molar-refractivity contribution is 7.88. The molecule has 1 aromatic carbocycles. The SMILES string of the molecule is C=CC(=O)Cc1ccccc1Nc1nc(N[C@H]2CCCN(S(C)(=O)=O)C2)ncc1Cl. The number of nitrogens with zero attached hydrogens (tertiary/aromatic N) is 3. The number of hydrogen-bond donors (Lipinski definition) is 2. The topological polar surface area (TPSA) is 104 Å². The van der Waals surface area contributed by atoms with Crippen LogP contribution in [-0.2, 0) is 21.2 Å². The van der Waals surface area contributed by atoms with Gasteiger partial charge < -0.3 is 10.6 Å². The number of carbonyl (C=O) groups is 1. The molecule has 30 heavy (non-hydrogen) atoms. The molecule has 0 spiro atoms. The molecule has 0 radical (unpaired) electrons. The number of aromatic nitrogens is 2. The molecular weight excluding hydrogens is 426 g/mol. The number of hydrogen-bond acceptors (Lipinski definition) is 7. The van der Waals surface area contributed by atoms with Crippen molar-refractivity contribution in [3.63, 3.8) is 0 Å². The van der Waals surface area contributed by atoms with Crippen molar-refractivity contribution in [2.45, 2.75) is 25.3 Å². The molecule has 0 unspecified atom stereocenters. The van der Waals surface area contributed by atoms with Gasteiger partial charge in [-0.2, -0.15) is 4.98 Å². The minimum atomic E-state index is -3.24. The lowest BCUT2D eigenvalue weighted by Gasteiger charge is -2.31. The number of para-hydroxylation sites is 1. The number of ketones is 1. The van der Waals surface area contributed by atoms with E-state index in [1.165, 1.54) is 22.8 Å². The first-order valence-corrected chi connectivity index (χ1v) is 11.7. The van der Waals surface area contributed by atoms with Crippen LogP contribution in [0.15, 0.2) is 43.1 Å². The third-order valence-electron chi connectivity index (χ3n) is 4.79. The molecule has 8 nitrogen and oxygen atoms in total. The van der Waals surface area contributed by atoms with E-state index in [1.54, 1.807) is 0 Å². The zero-order valence-electron chi connectivity index (χ0n) is 16.6. The molecule has 2 aromatic rings. The molecule has 1 aromatic heterocycles. The maximum Gasteiger partial charge on any atom is 0.224 e. The van der Waals surface area contributed by atoms with Gasteiger partial charge >= 0.3 is 0 Å². The Labute approximate surface area is 181 Å².